The van der Waals surface area contributed by atoms with E-state index in [1.165, 1.54) is 22.6 Å². The van der Waals surface area contributed by atoms with E-state index in [0.717, 1.165) is 0 Å². The predicted molar refractivity (Wildman–Crippen MR) is 74.8 cm³/mol. The van der Waals surface area contributed by atoms with Crippen LogP contribution in [0.25, 0.3) is 0 Å². The molecule has 8 heteroatoms. The Kier molecular flexibility index (Phi) is 4.04. The third-order valence-electron chi connectivity index (χ3n) is 3.55. The lowest BCUT2D eigenvalue weighted by atomic mass is 9.89. The van der Waals surface area contributed by atoms with Gasteiger partial charge in [0.1, 0.15) is 10.0 Å². The quantitative estimate of drug-likeness (QED) is 0.839. The largest absolute Gasteiger partial charge is 0.359 e. The standard InChI is InChI=1S/C12H16ClN3O3S/c1-12(11(17)14-2)5-6-16(8-12)20(18,19)9-3-4-10(13)15-7-9/h3-4,7H,5-6,8H2,1-2H3,(H,14,17). The van der Waals surface area contributed by atoms with E-state index in [1.54, 1.807) is 14.0 Å². The molecule has 2 rings (SSSR count). The van der Waals surface area contributed by atoms with Gasteiger partial charge in [0.25, 0.3) is 0 Å². The molecule has 1 fully saturated rings. The molecule has 1 aliphatic rings. The number of nitrogens with zero attached hydrogens (tertiary/aromatic N) is 2. The van der Waals surface area contributed by atoms with Crippen LogP contribution in [0.2, 0.25) is 5.15 Å². The molecule has 0 bridgehead atoms. The number of halogens is 1. The molecule has 0 spiro atoms. The van der Waals surface area contributed by atoms with Gasteiger partial charge in [-0.1, -0.05) is 11.6 Å². The highest BCUT2D eigenvalue weighted by atomic mass is 35.5. The molecule has 0 aromatic carbocycles. The van der Waals surface area contributed by atoms with E-state index in [2.05, 4.69) is 10.3 Å². The van der Waals surface area contributed by atoms with Crippen LogP contribution in [0.1, 0.15) is 13.3 Å². The van der Waals surface area contributed by atoms with Gasteiger partial charge in [-0.15, -0.1) is 0 Å². The summed E-state index contributed by atoms with van der Waals surface area (Å²) < 4.78 is 26.2. The summed E-state index contributed by atoms with van der Waals surface area (Å²) in [5.41, 5.74) is -0.693. The van der Waals surface area contributed by atoms with Gasteiger partial charge in [-0.05, 0) is 25.5 Å². The van der Waals surface area contributed by atoms with Gasteiger partial charge in [0.15, 0.2) is 0 Å². The summed E-state index contributed by atoms with van der Waals surface area (Å²) in [4.78, 5) is 15.7. The fraction of sp³-hybridized carbons (Fsp3) is 0.500. The van der Waals surface area contributed by atoms with E-state index in [0.29, 0.717) is 13.0 Å². The molecule has 20 heavy (non-hydrogen) atoms. The Morgan fingerprint density at radius 3 is 2.75 bits per heavy atom. The Morgan fingerprint density at radius 1 is 1.50 bits per heavy atom. The van der Waals surface area contributed by atoms with E-state index in [9.17, 15) is 13.2 Å². The van der Waals surface area contributed by atoms with Crippen LogP contribution in [0.3, 0.4) is 0 Å². The molecule has 1 saturated heterocycles. The number of pyridine rings is 1. The van der Waals surface area contributed by atoms with Crippen LogP contribution in [0.5, 0.6) is 0 Å². The van der Waals surface area contributed by atoms with Crippen LogP contribution >= 0.6 is 11.6 Å². The van der Waals surface area contributed by atoms with Gasteiger partial charge in [-0.2, -0.15) is 4.31 Å². The number of nitrogens with one attached hydrogen (secondary N) is 1. The second-order valence-corrected chi connectivity index (χ2v) is 7.37. The van der Waals surface area contributed by atoms with Gasteiger partial charge in [0, 0.05) is 26.3 Å². The molecular weight excluding hydrogens is 302 g/mol. The highest BCUT2D eigenvalue weighted by Crippen LogP contribution is 2.33. The third kappa shape index (κ3) is 2.65. The minimum Gasteiger partial charge on any atom is -0.359 e. The van der Waals surface area contributed by atoms with E-state index in [4.69, 9.17) is 11.6 Å². The number of sulfonamides is 1. The average Bonchev–Trinajstić information content (AvgIpc) is 2.83. The summed E-state index contributed by atoms with van der Waals surface area (Å²) in [6.07, 6.45) is 1.72. The van der Waals surface area contributed by atoms with Crippen LogP contribution in [0.4, 0.5) is 0 Å². The monoisotopic (exact) mass is 317 g/mol. The fourth-order valence-electron chi connectivity index (χ4n) is 2.27. The van der Waals surface area contributed by atoms with Gasteiger partial charge < -0.3 is 5.32 Å². The van der Waals surface area contributed by atoms with E-state index < -0.39 is 15.4 Å². The minimum atomic E-state index is -3.64. The summed E-state index contributed by atoms with van der Waals surface area (Å²) in [6, 6.07) is 2.85. The van der Waals surface area contributed by atoms with Gasteiger partial charge in [-0.25, -0.2) is 13.4 Å². The van der Waals surface area contributed by atoms with Crippen molar-refractivity contribution in [2.45, 2.75) is 18.2 Å². The Bertz CT molecular complexity index is 617. The lowest BCUT2D eigenvalue weighted by Crippen LogP contribution is -2.40. The number of amides is 1. The number of carbonyl (C=O) groups excluding carboxylic acids is 1. The van der Waals surface area contributed by atoms with Crippen LogP contribution in [0, 0.1) is 5.41 Å². The molecule has 0 aliphatic carbocycles. The lowest BCUT2D eigenvalue weighted by molar-refractivity contribution is -0.128. The molecule has 1 atom stereocenters. The highest BCUT2D eigenvalue weighted by molar-refractivity contribution is 7.89. The maximum Gasteiger partial charge on any atom is 0.244 e. The van der Waals surface area contributed by atoms with Crippen molar-refractivity contribution in [3.8, 4) is 0 Å². The van der Waals surface area contributed by atoms with Crippen LogP contribution in [-0.4, -0.2) is 43.8 Å². The van der Waals surface area contributed by atoms with Crippen LogP contribution in [0.15, 0.2) is 23.2 Å². The van der Waals surface area contributed by atoms with Crippen molar-refractivity contribution in [3.05, 3.63) is 23.5 Å². The van der Waals surface area contributed by atoms with Crippen molar-refractivity contribution in [1.29, 1.82) is 0 Å². The molecule has 0 saturated carbocycles. The van der Waals surface area contributed by atoms with Gasteiger partial charge >= 0.3 is 0 Å². The molecule has 110 valence electrons. The van der Waals surface area contributed by atoms with Gasteiger partial charge in [0.05, 0.1) is 5.41 Å². The number of hydrogen-bond acceptors (Lipinski definition) is 4. The summed E-state index contributed by atoms with van der Waals surface area (Å²) in [7, 11) is -2.09. The number of aromatic nitrogens is 1. The van der Waals surface area contributed by atoms with Crippen LogP contribution in [-0.2, 0) is 14.8 Å². The first-order chi connectivity index (χ1) is 9.29. The molecule has 1 amide bonds. The van der Waals surface area contributed by atoms with Crippen molar-refractivity contribution < 1.29 is 13.2 Å². The minimum absolute atomic E-state index is 0.0862. The van der Waals surface area contributed by atoms with Crippen molar-refractivity contribution in [1.82, 2.24) is 14.6 Å². The second-order valence-electron chi connectivity index (χ2n) is 5.05. The zero-order valence-corrected chi connectivity index (χ0v) is 12.8. The molecule has 1 unspecified atom stereocenters. The van der Waals surface area contributed by atoms with Crippen molar-refractivity contribution in [2.24, 2.45) is 5.41 Å². The Labute approximate surface area is 123 Å². The highest BCUT2D eigenvalue weighted by Gasteiger charge is 2.44. The Balaban J connectivity index is 2.25. The Morgan fingerprint density at radius 2 is 2.20 bits per heavy atom. The van der Waals surface area contributed by atoms with E-state index in [1.807, 2.05) is 0 Å². The summed E-state index contributed by atoms with van der Waals surface area (Å²) in [5, 5.41) is 2.81. The summed E-state index contributed by atoms with van der Waals surface area (Å²) in [6.45, 7) is 2.24. The zero-order chi connectivity index (χ0) is 15.0. The van der Waals surface area contributed by atoms with Gasteiger partial charge in [-0.3, -0.25) is 4.79 Å². The zero-order valence-electron chi connectivity index (χ0n) is 11.3. The number of hydrogen-bond donors (Lipinski definition) is 1. The van der Waals surface area contributed by atoms with Crippen molar-refractivity contribution >= 4 is 27.5 Å². The first kappa shape index (κ1) is 15.2. The SMILES string of the molecule is CNC(=O)C1(C)CCN(S(=O)(=O)c2ccc(Cl)nc2)C1. The van der Waals surface area contributed by atoms with Crippen LogP contribution < -0.4 is 5.32 Å². The first-order valence-electron chi connectivity index (χ1n) is 6.13. The van der Waals surface area contributed by atoms with Crippen molar-refractivity contribution in [3.63, 3.8) is 0 Å². The summed E-state index contributed by atoms with van der Waals surface area (Å²) in [5.74, 6) is -0.149. The predicted octanol–water partition coefficient (Wildman–Crippen LogP) is 0.882. The van der Waals surface area contributed by atoms with Gasteiger partial charge in [0.2, 0.25) is 15.9 Å². The second kappa shape index (κ2) is 5.31. The third-order valence-corrected chi connectivity index (χ3v) is 5.60. The molecule has 1 aromatic heterocycles. The Hall–Kier alpha value is -1.18. The van der Waals surface area contributed by atoms with E-state index in [-0.39, 0.29) is 22.5 Å². The number of rotatable bonds is 3. The molecule has 1 aliphatic heterocycles. The molecule has 2 heterocycles. The molecular formula is C12H16ClN3O3S. The maximum absolute atomic E-state index is 12.5. The molecule has 1 aromatic rings. The molecule has 0 radical (unpaired) electrons. The number of carbonyl (C=O) groups is 1. The lowest BCUT2D eigenvalue weighted by Gasteiger charge is -2.22. The topological polar surface area (TPSA) is 79.4 Å². The fourth-order valence-corrected chi connectivity index (χ4v) is 3.90. The van der Waals surface area contributed by atoms with Crippen molar-refractivity contribution in [2.75, 3.05) is 20.1 Å². The first-order valence-corrected chi connectivity index (χ1v) is 7.95. The van der Waals surface area contributed by atoms with E-state index >= 15 is 0 Å². The average molecular weight is 318 g/mol. The summed E-state index contributed by atoms with van der Waals surface area (Å²) >= 11 is 5.65. The molecule has 1 N–H and O–H groups in total. The maximum atomic E-state index is 12.5. The molecule has 6 nitrogen and oxygen atoms in total. The normalized spacial score (nSPS) is 23.8. The smallest absolute Gasteiger partial charge is 0.244 e.